The van der Waals surface area contributed by atoms with Crippen LogP contribution in [-0.4, -0.2) is 71.6 Å². The quantitative estimate of drug-likeness (QED) is 0.238. The average Bonchev–Trinajstić information content (AvgIpc) is 3.71. The summed E-state index contributed by atoms with van der Waals surface area (Å²) in [6.45, 7) is 0.636. The van der Waals surface area contributed by atoms with E-state index in [4.69, 9.17) is 20.6 Å². The summed E-state index contributed by atoms with van der Waals surface area (Å²) in [4.78, 5) is 45.0. The maximum absolute atomic E-state index is 14.0. The van der Waals surface area contributed by atoms with E-state index in [1.54, 1.807) is 41.8 Å². The summed E-state index contributed by atoms with van der Waals surface area (Å²) in [5.74, 6) is -2.93. The predicted octanol–water partition coefficient (Wildman–Crippen LogP) is 1.62. The molecule has 40 heavy (non-hydrogen) atoms. The zero-order valence-corrected chi connectivity index (χ0v) is 22.1. The van der Waals surface area contributed by atoms with Gasteiger partial charge in [-0.1, -0.05) is 12.1 Å². The Morgan fingerprint density at radius 1 is 1.15 bits per heavy atom. The molecule has 208 valence electrons. The molecule has 13 heteroatoms. The fourth-order valence-electron chi connectivity index (χ4n) is 4.72. The predicted molar refractivity (Wildman–Crippen MR) is 144 cm³/mol. The third-order valence-corrected chi connectivity index (χ3v) is 7.70. The van der Waals surface area contributed by atoms with E-state index >= 15 is 0 Å². The van der Waals surface area contributed by atoms with Crippen molar-refractivity contribution >= 4 is 34.9 Å². The standard InChI is InChI=1S/C27H27FN6O5S/c28-21-12-31-6-5-20(21)16-1-3-17(4-2-16)25(36)33-13-23(35)34-15-27(38-7-8-39-27)10-22(34)26(37)32-11-19-9-18(14-40-19)24(29)30/h1-6,9,12,14,22H,7-8,10-11,13,15H2,(H3,29,30)(H,32,37)(H,33,36)/t22-/m0/s1. The van der Waals surface area contributed by atoms with E-state index in [1.165, 1.54) is 22.4 Å². The molecule has 11 nitrogen and oxygen atoms in total. The second-order valence-corrected chi connectivity index (χ2v) is 10.4. The zero-order chi connectivity index (χ0) is 28.3. The molecule has 2 aromatic heterocycles. The van der Waals surface area contributed by atoms with Gasteiger partial charge in [0.1, 0.15) is 17.7 Å². The highest BCUT2D eigenvalue weighted by Gasteiger charge is 2.52. The van der Waals surface area contributed by atoms with Crippen LogP contribution >= 0.6 is 11.3 Å². The molecule has 2 saturated heterocycles. The second-order valence-electron chi connectivity index (χ2n) is 9.40. The molecule has 1 aromatic carbocycles. The number of rotatable bonds is 8. The molecule has 0 radical (unpaired) electrons. The van der Waals surface area contributed by atoms with Crippen LogP contribution in [0.4, 0.5) is 4.39 Å². The van der Waals surface area contributed by atoms with E-state index < -0.39 is 29.5 Å². The minimum atomic E-state index is -1.07. The minimum Gasteiger partial charge on any atom is -0.384 e. The molecule has 2 fully saturated rings. The normalized spacial score (nSPS) is 17.6. The van der Waals surface area contributed by atoms with Crippen molar-refractivity contribution in [3.63, 3.8) is 0 Å². The summed E-state index contributed by atoms with van der Waals surface area (Å²) < 4.78 is 25.5. The van der Waals surface area contributed by atoms with E-state index in [2.05, 4.69) is 15.6 Å². The number of halogens is 1. The van der Waals surface area contributed by atoms with Crippen LogP contribution in [0.3, 0.4) is 0 Å². The highest BCUT2D eigenvalue weighted by Crippen LogP contribution is 2.35. The number of benzene rings is 1. The third kappa shape index (κ3) is 5.86. The number of nitrogens with two attached hydrogens (primary N) is 1. The molecular formula is C27H27FN6O5S. The van der Waals surface area contributed by atoms with E-state index in [1.807, 2.05) is 0 Å². The molecule has 5 N–H and O–H groups in total. The largest absolute Gasteiger partial charge is 0.384 e. The first-order valence-corrected chi connectivity index (χ1v) is 13.4. The zero-order valence-electron chi connectivity index (χ0n) is 21.3. The molecule has 2 aliphatic heterocycles. The number of amidine groups is 1. The first-order valence-electron chi connectivity index (χ1n) is 12.5. The maximum Gasteiger partial charge on any atom is 0.251 e. The molecule has 2 aliphatic rings. The van der Waals surface area contributed by atoms with E-state index in [0.29, 0.717) is 35.5 Å². The average molecular weight is 567 g/mol. The van der Waals surface area contributed by atoms with Gasteiger partial charge in [0.2, 0.25) is 11.8 Å². The van der Waals surface area contributed by atoms with Crippen LogP contribution in [0.1, 0.15) is 27.2 Å². The van der Waals surface area contributed by atoms with Crippen LogP contribution in [-0.2, 0) is 25.6 Å². The van der Waals surface area contributed by atoms with Gasteiger partial charge in [-0.25, -0.2) is 4.39 Å². The Kier molecular flexibility index (Phi) is 7.87. The lowest BCUT2D eigenvalue weighted by molar-refractivity contribution is -0.152. The van der Waals surface area contributed by atoms with Crippen LogP contribution < -0.4 is 16.4 Å². The Hall–Kier alpha value is -4.20. The van der Waals surface area contributed by atoms with E-state index in [0.717, 1.165) is 11.1 Å². The molecule has 3 amide bonds. The molecule has 1 atom stereocenters. The Bertz CT molecular complexity index is 1440. The lowest BCUT2D eigenvalue weighted by Gasteiger charge is -2.24. The van der Waals surface area contributed by atoms with Crippen LogP contribution in [0.2, 0.25) is 0 Å². The number of amides is 3. The van der Waals surface area contributed by atoms with Gasteiger partial charge in [-0.15, -0.1) is 11.3 Å². The summed E-state index contributed by atoms with van der Waals surface area (Å²) in [7, 11) is 0. The van der Waals surface area contributed by atoms with Crippen molar-refractivity contribution in [2.45, 2.75) is 24.8 Å². The number of pyridine rings is 1. The van der Waals surface area contributed by atoms with Gasteiger partial charge in [0.05, 0.1) is 39.0 Å². The Balaban J connectivity index is 1.21. The number of nitrogens with zero attached hydrogens (tertiary/aromatic N) is 2. The van der Waals surface area contributed by atoms with E-state index in [-0.39, 0.29) is 37.8 Å². The monoisotopic (exact) mass is 566 g/mol. The summed E-state index contributed by atoms with van der Waals surface area (Å²) in [6, 6.07) is 8.72. The molecule has 0 unspecified atom stereocenters. The summed E-state index contributed by atoms with van der Waals surface area (Å²) in [6.07, 6.45) is 2.76. The Labute approximate surface area is 233 Å². The number of likely N-dealkylation sites (tertiary alicyclic amines) is 1. The smallest absolute Gasteiger partial charge is 0.251 e. The Morgan fingerprint density at radius 3 is 2.58 bits per heavy atom. The van der Waals surface area contributed by atoms with Gasteiger partial charge in [-0.3, -0.25) is 24.8 Å². The van der Waals surface area contributed by atoms with Crippen LogP contribution in [0.15, 0.2) is 54.2 Å². The molecule has 3 aromatic rings. The molecule has 4 heterocycles. The lowest BCUT2D eigenvalue weighted by atomic mass is 10.0. The number of hydrogen-bond acceptors (Lipinski definition) is 8. The topological polar surface area (TPSA) is 160 Å². The SMILES string of the molecule is N=C(N)c1csc(CNC(=O)[C@@H]2CC3(CN2C(=O)CNC(=O)c2ccc(-c4ccncc4F)cc2)OCCO3)c1. The molecule has 0 saturated carbocycles. The van der Waals surface area contributed by atoms with Crippen molar-refractivity contribution in [2.24, 2.45) is 5.73 Å². The molecule has 5 rings (SSSR count). The number of ether oxygens (including phenoxy) is 2. The van der Waals surface area contributed by atoms with Gasteiger partial charge in [-0.05, 0) is 29.8 Å². The number of nitrogens with one attached hydrogen (secondary N) is 3. The third-order valence-electron chi connectivity index (χ3n) is 6.76. The van der Waals surface area contributed by atoms with Gasteiger partial charge in [0, 0.05) is 39.6 Å². The van der Waals surface area contributed by atoms with Crippen molar-refractivity contribution in [3.8, 4) is 11.1 Å². The van der Waals surface area contributed by atoms with Gasteiger partial charge >= 0.3 is 0 Å². The fraction of sp³-hybridized carbons (Fsp3) is 0.296. The summed E-state index contributed by atoms with van der Waals surface area (Å²) in [5, 5.41) is 14.7. The summed E-state index contributed by atoms with van der Waals surface area (Å²) in [5.41, 5.74) is 7.32. The molecule has 0 bridgehead atoms. The van der Waals surface area contributed by atoms with Crippen molar-refractivity contribution in [1.29, 1.82) is 5.41 Å². The van der Waals surface area contributed by atoms with Gasteiger partial charge < -0.3 is 30.7 Å². The highest BCUT2D eigenvalue weighted by atomic mass is 32.1. The van der Waals surface area contributed by atoms with Crippen LogP contribution in [0, 0.1) is 11.2 Å². The highest BCUT2D eigenvalue weighted by molar-refractivity contribution is 7.10. The number of carbonyl (C=O) groups excluding carboxylic acids is 3. The van der Waals surface area contributed by atoms with Crippen molar-refractivity contribution < 1.29 is 28.2 Å². The first kappa shape index (κ1) is 27.4. The molecule has 1 spiro atoms. The maximum atomic E-state index is 14.0. The molecular weight excluding hydrogens is 539 g/mol. The number of hydrogen-bond donors (Lipinski definition) is 4. The van der Waals surface area contributed by atoms with Crippen LogP contribution in [0.5, 0.6) is 0 Å². The van der Waals surface area contributed by atoms with Crippen LogP contribution in [0.25, 0.3) is 11.1 Å². The Morgan fingerprint density at radius 2 is 1.90 bits per heavy atom. The number of carbonyl (C=O) groups is 3. The number of nitrogen functional groups attached to an aromatic ring is 1. The first-order chi connectivity index (χ1) is 19.2. The number of aromatic nitrogens is 1. The van der Waals surface area contributed by atoms with E-state index in [9.17, 15) is 18.8 Å². The second kappa shape index (κ2) is 11.5. The lowest BCUT2D eigenvalue weighted by Crippen LogP contribution is -2.49. The minimum absolute atomic E-state index is 0.0550. The van der Waals surface area contributed by atoms with Crippen molar-refractivity contribution in [3.05, 3.63) is 76.0 Å². The van der Waals surface area contributed by atoms with Gasteiger partial charge in [-0.2, -0.15) is 0 Å². The number of thiophene rings is 1. The molecule has 0 aliphatic carbocycles. The van der Waals surface area contributed by atoms with Gasteiger partial charge in [0.15, 0.2) is 5.79 Å². The fourth-order valence-corrected chi connectivity index (χ4v) is 5.54. The van der Waals surface area contributed by atoms with Gasteiger partial charge in [0.25, 0.3) is 5.91 Å². The summed E-state index contributed by atoms with van der Waals surface area (Å²) >= 11 is 1.36. The van der Waals surface area contributed by atoms with Crippen molar-refractivity contribution in [2.75, 3.05) is 26.3 Å². The van der Waals surface area contributed by atoms with Crippen molar-refractivity contribution in [1.82, 2.24) is 20.5 Å².